The summed E-state index contributed by atoms with van der Waals surface area (Å²) in [4.78, 5) is 20.8. The van der Waals surface area contributed by atoms with Crippen molar-refractivity contribution in [2.45, 2.75) is 6.92 Å². The number of nitrogens with zero attached hydrogens (tertiary/aromatic N) is 2. The zero-order chi connectivity index (χ0) is 18.5. The van der Waals surface area contributed by atoms with Crippen molar-refractivity contribution in [1.29, 1.82) is 0 Å². The van der Waals surface area contributed by atoms with E-state index in [1.54, 1.807) is 37.7 Å². The molecule has 2 heterocycles. The molecule has 26 heavy (non-hydrogen) atoms. The molecule has 0 atom stereocenters. The van der Waals surface area contributed by atoms with E-state index in [9.17, 15) is 4.79 Å². The van der Waals surface area contributed by atoms with E-state index >= 15 is 0 Å². The van der Waals surface area contributed by atoms with Crippen LogP contribution in [0, 0.1) is 6.92 Å². The van der Waals surface area contributed by atoms with E-state index in [4.69, 9.17) is 9.47 Å². The molecule has 0 spiro atoms. The predicted molar refractivity (Wildman–Crippen MR) is 105 cm³/mol. The molecule has 0 aliphatic rings. The number of methoxy groups -OCH3 is 2. The minimum absolute atomic E-state index is 0.252. The summed E-state index contributed by atoms with van der Waals surface area (Å²) >= 11 is 2.89. The molecule has 2 aromatic heterocycles. The Bertz CT molecular complexity index is 947. The van der Waals surface area contributed by atoms with Crippen molar-refractivity contribution in [2.75, 3.05) is 19.5 Å². The normalized spacial score (nSPS) is 10.9. The van der Waals surface area contributed by atoms with E-state index < -0.39 is 0 Å². The summed E-state index contributed by atoms with van der Waals surface area (Å²) in [6, 6.07) is 5.52. The first-order valence-electron chi connectivity index (χ1n) is 7.68. The number of thiazole rings is 2. The quantitative estimate of drug-likeness (QED) is 0.640. The lowest BCUT2D eigenvalue weighted by Gasteiger charge is -2.08. The molecular formula is C18H17N3O3S2. The Balaban J connectivity index is 1.72. The van der Waals surface area contributed by atoms with Crippen molar-refractivity contribution in [2.24, 2.45) is 0 Å². The molecule has 1 amide bonds. The van der Waals surface area contributed by atoms with Crippen molar-refractivity contribution in [3.05, 3.63) is 45.7 Å². The van der Waals surface area contributed by atoms with Gasteiger partial charge in [-0.3, -0.25) is 10.1 Å². The Morgan fingerprint density at radius 1 is 1.15 bits per heavy atom. The summed E-state index contributed by atoms with van der Waals surface area (Å²) in [6.45, 7) is 1.92. The second kappa shape index (κ2) is 8.11. The van der Waals surface area contributed by atoms with Gasteiger partial charge < -0.3 is 9.47 Å². The molecule has 0 fully saturated rings. The molecule has 134 valence electrons. The molecule has 0 aliphatic heterocycles. The lowest BCUT2D eigenvalue weighted by atomic mass is 10.1. The number of amides is 1. The fraction of sp³-hybridized carbons (Fsp3) is 0.167. The third kappa shape index (κ3) is 4.27. The first-order valence-corrected chi connectivity index (χ1v) is 9.44. The second-order valence-corrected chi connectivity index (χ2v) is 7.14. The number of aryl methyl sites for hydroxylation is 1. The van der Waals surface area contributed by atoms with Gasteiger partial charge in [-0.1, -0.05) is 0 Å². The third-order valence-corrected chi connectivity index (χ3v) is 5.01. The number of carbonyl (C=O) groups excluding carboxylic acids is 1. The monoisotopic (exact) mass is 387 g/mol. The van der Waals surface area contributed by atoms with Crippen LogP contribution in [0.5, 0.6) is 11.5 Å². The number of benzene rings is 1. The third-order valence-electron chi connectivity index (χ3n) is 3.46. The smallest absolute Gasteiger partial charge is 0.250 e. The lowest BCUT2D eigenvalue weighted by molar-refractivity contribution is -0.111. The summed E-state index contributed by atoms with van der Waals surface area (Å²) in [5.41, 5.74) is 2.33. The summed E-state index contributed by atoms with van der Waals surface area (Å²) in [5, 5.41) is 8.01. The van der Waals surface area contributed by atoms with Gasteiger partial charge in [0.15, 0.2) is 5.13 Å². The maximum atomic E-state index is 12.0. The van der Waals surface area contributed by atoms with Crippen LogP contribution in [0.2, 0.25) is 0 Å². The van der Waals surface area contributed by atoms with Crippen LogP contribution < -0.4 is 14.8 Å². The van der Waals surface area contributed by atoms with E-state index in [1.807, 2.05) is 29.8 Å². The maximum absolute atomic E-state index is 12.0. The molecule has 1 N–H and O–H groups in total. The molecule has 6 nitrogen and oxygen atoms in total. The van der Waals surface area contributed by atoms with E-state index in [0.717, 1.165) is 22.0 Å². The molecule has 0 radical (unpaired) electrons. The highest BCUT2D eigenvalue weighted by Crippen LogP contribution is 2.34. The first kappa shape index (κ1) is 18.1. The summed E-state index contributed by atoms with van der Waals surface area (Å²) in [7, 11) is 3.20. The van der Waals surface area contributed by atoms with Crippen molar-refractivity contribution < 1.29 is 14.3 Å². The SMILES string of the molecule is COc1ccc(-c2csc(NC(=O)/C=C/c3csc(C)n3)n2)c(OC)c1. The molecule has 0 aliphatic carbocycles. The van der Waals surface area contributed by atoms with Crippen LogP contribution in [0.4, 0.5) is 5.13 Å². The van der Waals surface area contributed by atoms with Crippen molar-refractivity contribution >= 4 is 39.8 Å². The predicted octanol–water partition coefficient (Wildman–Crippen LogP) is 4.24. The zero-order valence-electron chi connectivity index (χ0n) is 14.5. The van der Waals surface area contributed by atoms with Gasteiger partial charge >= 0.3 is 0 Å². The van der Waals surface area contributed by atoms with Gasteiger partial charge in [-0.2, -0.15) is 0 Å². The van der Waals surface area contributed by atoms with Crippen molar-refractivity contribution in [3.63, 3.8) is 0 Å². The minimum atomic E-state index is -0.252. The molecule has 8 heteroatoms. The lowest BCUT2D eigenvalue weighted by Crippen LogP contribution is -2.07. The van der Waals surface area contributed by atoms with Crippen LogP contribution in [-0.2, 0) is 4.79 Å². The molecule has 1 aromatic carbocycles. The number of nitrogens with one attached hydrogen (secondary N) is 1. The van der Waals surface area contributed by atoms with Gasteiger partial charge in [0.05, 0.1) is 30.6 Å². The fourth-order valence-electron chi connectivity index (χ4n) is 2.23. The molecule has 0 saturated heterocycles. The molecule has 3 rings (SSSR count). The van der Waals surface area contributed by atoms with E-state index in [2.05, 4.69) is 15.3 Å². The van der Waals surface area contributed by atoms with Crippen LogP contribution in [-0.4, -0.2) is 30.1 Å². The van der Waals surface area contributed by atoms with Crippen LogP contribution >= 0.6 is 22.7 Å². The van der Waals surface area contributed by atoms with Crippen LogP contribution in [0.3, 0.4) is 0 Å². The number of carbonyl (C=O) groups is 1. The summed E-state index contributed by atoms with van der Waals surface area (Å²) in [5.74, 6) is 1.11. The van der Waals surface area contributed by atoms with Gasteiger partial charge in [0.25, 0.3) is 0 Å². The number of hydrogen-bond acceptors (Lipinski definition) is 7. The van der Waals surface area contributed by atoms with Crippen molar-refractivity contribution in [1.82, 2.24) is 9.97 Å². The van der Waals surface area contributed by atoms with Gasteiger partial charge in [0.1, 0.15) is 11.5 Å². The van der Waals surface area contributed by atoms with E-state index in [1.165, 1.54) is 17.4 Å². The maximum Gasteiger partial charge on any atom is 0.250 e. The van der Waals surface area contributed by atoms with Gasteiger partial charge in [-0.25, -0.2) is 9.97 Å². The van der Waals surface area contributed by atoms with Gasteiger partial charge in [-0.15, -0.1) is 22.7 Å². The molecule has 0 unspecified atom stereocenters. The second-order valence-electron chi connectivity index (χ2n) is 5.22. The average molecular weight is 387 g/mol. The van der Waals surface area contributed by atoms with E-state index in [-0.39, 0.29) is 5.91 Å². The Morgan fingerprint density at radius 3 is 2.69 bits per heavy atom. The van der Waals surface area contributed by atoms with Crippen LogP contribution in [0.15, 0.2) is 35.0 Å². The molecular weight excluding hydrogens is 370 g/mol. The Hall–Kier alpha value is -2.71. The number of anilines is 1. The molecule has 0 saturated carbocycles. The highest BCUT2D eigenvalue weighted by atomic mass is 32.1. The summed E-state index contributed by atoms with van der Waals surface area (Å²) < 4.78 is 10.6. The van der Waals surface area contributed by atoms with Crippen LogP contribution in [0.25, 0.3) is 17.3 Å². The number of hydrogen-bond donors (Lipinski definition) is 1. The highest BCUT2D eigenvalue weighted by Gasteiger charge is 2.12. The van der Waals surface area contributed by atoms with E-state index in [0.29, 0.717) is 16.6 Å². The fourth-order valence-corrected chi connectivity index (χ4v) is 3.52. The number of aromatic nitrogens is 2. The zero-order valence-corrected chi connectivity index (χ0v) is 16.1. The summed E-state index contributed by atoms with van der Waals surface area (Å²) in [6.07, 6.45) is 3.13. The first-order chi connectivity index (χ1) is 12.6. The topological polar surface area (TPSA) is 73.3 Å². The van der Waals surface area contributed by atoms with Gasteiger partial charge in [0, 0.05) is 28.5 Å². The highest BCUT2D eigenvalue weighted by molar-refractivity contribution is 7.14. The van der Waals surface area contributed by atoms with Crippen molar-refractivity contribution in [3.8, 4) is 22.8 Å². The Morgan fingerprint density at radius 2 is 2.00 bits per heavy atom. The average Bonchev–Trinajstić information content (AvgIpc) is 3.28. The number of rotatable bonds is 6. The molecule has 3 aromatic rings. The Kier molecular flexibility index (Phi) is 5.65. The number of ether oxygens (including phenoxy) is 2. The van der Waals surface area contributed by atoms with Crippen LogP contribution in [0.1, 0.15) is 10.7 Å². The molecule has 0 bridgehead atoms. The van der Waals surface area contributed by atoms with Gasteiger partial charge in [0.2, 0.25) is 5.91 Å². The van der Waals surface area contributed by atoms with Gasteiger partial charge in [-0.05, 0) is 25.1 Å². The Labute approximate surface area is 159 Å². The largest absolute Gasteiger partial charge is 0.497 e. The standard InChI is InChI=1S/C18H17N3O3S2/c1-11-19-12(9-25-11)4-7-17(22)21-18-20-15(10-26-18)14-6-5-13(23-2)8-16(14)24-3/h4-10H,1-3H3,(H,20,21,22)/b7-4+. The minimum Gasteiger partial charge on any atom is -0.497 e.